The van der Waals surface area contributed by atoms with Gasteiger partial charge in [0, 0.05) is 5.92 Å². The van der Waals surface area contributed by atoms with E-state index >= 15 is 0 Å². The SMILES string of the molecule is Cc1cc2nc(C(C)CCN)[nH]c2cc1C. The van der Waals surface area contributed by atoms with Crippen LogP contribution in [0.15, 0.2) is 12.1 Å². The molecule has 0 bridgehead atoms. The van der Waals surface area contributed by atoms with Crippen LogP contribution >= 0.6 is 0 Å². The van der Waals surface area contributed by atoms with Gasteiger partial charge in [-0.3, -0.25) is 0 Å². The molecule has 0 saturated carbocycles. The molecule has 16 heavy (non-hydrogen) atoms. The number of aromatic amines is 1. The number of nitrogens with zero attached hydrogens (tertiary/aromatic N) is 1. The number of H-pyrrole nitrogens is 1. The number of hydrogen-bond donors (Lipinski definition) is 2. The molecular formula is C13H19N3. The average Bonchev–Trinajstić information content (AvgIpc) is 2.62. The van der Waals surface area contributed by atoms with Crippen LogP contribution < -0.4 is 5.73 Å². The van der Waals surface area contributed by atoms with E-state index < -0.39 is 0 Å². The molecule has 0 amide bonds. The molecule has 3 nitrogen and oxygen atoms in total. The van der Waals surface area contributed by atoms with Crippen LogP contribution in [-0.4, -0.2) is 16.5 Å². The van der Waals surface area contributed by atoms with E-state index in [0.717, 1.165) is 23.3 Å². The van der Waals surface area contributed by atoms with Gasteiger partial charge in [0.15, 0.2) is 0 Å². The number of nitrogens with two attached hydrogens (primary N) is 1. The molecule has 0 aliphatic heterocycles. The third kappa shape index (κ3) is 1.95. The smallest absolute Gasteiger partial charge is 0.110 e. The van der Waals surface area contributed by atoms with Crippen LogP contribution in [0.4, 0.5) is 0 Å². The maximum absolute atomic E-state index is 5.57. The zero-order chi connectivity index (χ0) is 11.7. The molecule has 2 aromatic rings. The van der Waals surface area contributed by atoms with Crippen molar-refractivity contribution in [2.24, 2.45) is 5.73 Å². The van der Waals surface area contributed by atoms with E-state index in [4.69, 9.17) is 5.73 Å². The summed E-state index contributed by atoms with van der Waals surface area (Å²) in [7, 11) is 0. The summed E-state index contributed by atoms with van der Waals surface area (Å²) in [4.78, 5) is 8.00. The molecule has 2 rings (SSSR count). The van der Waals surface area contributed by atoms with E-state index in [1.165, 1.54) is 11.1 Å². The molecule has 0 aliphatic rings. The summed E-state index contributed by atoms with van der Waals surface area (Å²) in [5.41, 5.74) is 10.3. The van der Waals surface area contributed by atoms with E-state index in [1.54, 1.807) is 0 Å². The normalized spacial score (nSPS) is 13.2. The molecule has 1 heterocycles. The molecule has 3 N–H and O–H groups in total. The topological polar surface area (TPSA) is 54.7 Å². The van der Waals surface area contributed by atoms with Gasteiger partial charge in [0.25, 0.3) is 0 Å². The lowest BCUT2D eigenvalue weighted by Crippen LogP contribution is -2.05. The molecule has 0 radical (unpaired) electrons. The van der Waals surface area contributed by atoms with Crippen LogP contribution in [0, 0.1) is 13.8 Å². The van der Waals surface area contributed by atoms with Gasteiger partial charge in [0.1, 0.15) is 5.82 Å². The summed E-state index contributed by atoms with van der Waals surface area (Å²) in [6.45, 7) is 7.10. The standard InChI is InChI=1S/C13H19N3/c1-8(4-5-14)13-15-11-6-9(2)10(3)7-12(11)16-13/h6-8H,4-5,14H2,1-3H3,(H,15,16). The first kappa shape index (κ1) is 11.1. The van der Waals surface area contributed by atoms with Crippen LogP contribution in [-0.2, 0) is 0 Å². The number of imidazole rings is 1. The number of nitrogens with one attached hydrogen (secondary N) is 1. The predicted molar refractivity (Wildman–Crippen MR) is 67.7 cm³/mol. The van der Waals surface area contributed by atoms with E-state index in [1.807, 2.05) is 0 Å². The van der Waals surface area contributed by atoms with Gasteiger partial charge in [-0.15, -0.1) is 0 Å². The highest BCUT2D eigenvalue weighted by atomic mass is 14.9. The average molecular weight is 217 g/mol. The Bertz CT molecular complexity index is 460. The summed E-state index contributed by atoms with van der Waals surface area (Å²) >= 11 is 0. The highest BCUT2D eigenvalue weighted by Crippen LogP contribution is 2.22. The van der Waals surface area contributed by atoms with Crippen LogP contribution in [0.1, 0.15) is 36.2 Å². The molecule has 0 saturated heterocycles. The molecule has 3 heteroatoms. The van der Waals surface area contributed by atoms with Crippen molar-refractivity contribution in [1.82, 2.24) is 9.97 Å². The fourth-order valence-corrected chi connectivity index (χ4v) is 1.91. The molecule has 0 aliphatic carbocycles. The summed E-state index contributed by atoms with van der Waals surface area (Å²) in [6.07, 6.45) is 0.970. The largest absolute Gasteiger partial charge is 0.342 e. The third-order valence-electron chi connectivity index (χ3n) is 3.18. The first-order valence-corrected chi connectivity index (χ1v) is 5.78. The Morgan fingerprint density at radius 1 is 1.31 bits per heavy atom. The Labute approximate surface area is 96.1 Å². The lowest BCUT2D eigenvalue weighted by atomic mass is 10.1. The highest BCUT2D eigenvalue weighted by molar-refractivity contribution is 5.77. The quantitative estimate of drug-likeness (QED) is 0.830. The van der Waals surface area contributed by atoms with Crippen LogP contribution in [0.25, 0.3) is 11.0 Å². The second kappa shape index (κ2) is 4.26. The molecule has 1 aromatic carbocycles. The van der Waals surface area contributed by atoms with Crippen molar-refractivity contribution in [3.05, 3.63) is 29.1 Å². The lowest BCUT2D eigenvalue weighted by molar-refractivity contribution is 0.657. The summed E-state index contributed by atoms with van der Waals surface area (Å²) in [6, 6.07) is 4.30. The number of aromatic nitrogens is 2. The van der Waals surface area contributed by atoms with E-state index in [2.05, 4.69) is 42.9 Å². The predicted octanol–water partition coefficient (Wildman–Crippen LogP) is 2.63. The first-order valence-electron chi connectivity index (χ1n) is 5.78. The minimum absolute atomic E-state index is 0.401. The Morgan fingerprint density at radius 3 is 2.69 bits per heavy atom. The molecule has 86 valence electrons. The van der Waals surface area contributed by atoms with Crippen molar-refractivity contribution in [1.29, 1.82) is 0 Å². The number of aryl methyl sites for hydroxylation is 2. The van der Waals surface area contributed by atoms with E-state index in [0.29, 0.717) is 12.5 Å². The van der Waals surface area contributed by atoms with Crippen LogP contribution in [0.3, 0.4) is 0 Å². The highest BCUT2D eigenvalue weighted by Gasteiger charge is 2.10. The summed E-state index contributed by atoms with van der Waals surface area (Å²) in [5.74, 6) is 1.45. The number of hydrogen-bond acceptors (Lipinski definition) is 2. The Kier molecular flexibility index (Phi) is 2.97. The zero-order valence-corrected chi connectivity index (χ0v) is 10.2. The summed E-state index contributed by atoms with van der Waals surface area (Å²) in [5, 5.41) is 0. The fourth-order valence-electron chi connectivity index (χ4n) is 1.91. The van der Waals surface area contributed by atoms with Crippen molar-refractivity contribution in [3.8, 4) is 0 Å². The minimum Gasteiger partial charge on any atom is -0.342 e. The molecular weight excluding hydrogens is 198 g/mol. The first-order chi connectivity index (χ1) is 7.61. The maximum Gasteiger partial charge on any atom is 0.110 e. The van der Waals surface area contributed by atoms with Crippen molar-refractivity contribution in [2.75, 3.05) is 6.54 Å². The second-order valence-corrected chi connectivity index (χ2v) is 4.55. The molecule has 0 fully saturated rings. The van der Waals surface area contributed by atoms with Crippen LogP contribution in [0.2, 0.25) is 0 Å². The molecule has 1 atom stereocenters. The van der Waals surface area contributed by atoms with Gasteiger partial charge in [0.05, 0.1) is 11.0 Å². The van der Waals surface area contributed by atoms with Gasteiger partial charge in [-0.1, -0.05) is 6.92 Å². The Hall–Kier alpha value is -1.35. The minimum atomic E-state index is 0.401. The monoisotopic (exact) mass is 217 g/mol. The van der Waals surface area contributed by atoms with Gasteiger partial charge in [-0.2, -0.15) is 0 Å². The van der Waals surface area contributed by atoms with Crippen molar-refractivity contribution < 1.29 is 0 Å². The van der Waals surface area contributed by atoms with E-state index in [9.17, 15) is 0 Å². The molecule has 0 spiro atoms. The Morgan fingerprint density at radius 2 is 2.00 bits per heavy atom. The van der Waals surface area contributed by atoms with Gasteiger partial charge >= 0.3 is 0 Å². The van der Waals surface area contributed by atoms with Crippen molar-refractivity contribution in [2.45, 2.75) is 33.1 Å². The number of benzene rings is 1. The zero-order valence-electron chi connectivity index (χ0n) is 10.2. The second-order valence-electron chi connectivity index (χ2n) is 4.55. The maximum atomic E-state index is 5.57. The van der Waals surface area contributed by atoms with Gasteiger partial charge in [-0.25, -0.2) is 4.98 Å². The third-order valence-corrected chi connectivity index (χ3v) is 3.18. The number of fused-ring (bicyclic) bond motifs is 1. The summed E-state index contributed by atoms with van der Waals surface area (Å²) < 4.78 is 0. The molecule has 1 unspecified atom stereocenters. The Balaban J connectivity index is 2.43. The van der Waals surface area contributed by atoms with Crippen molar-refractivity contribution in [3.63, 3.8) is 0 Å². The molecule has 1 aromatic heterocycles. The van der Waals surface area contributed by atoms with Crippen molar-refractivity contribution >= 4 is 11.0 Å². The van der Waals surface area contributed by atoms with Gasteiger partial charge in [-0.05, 0) is 50.1 Å². The van der Waals surface area contributed by atoms with E-state index in [-0.39, 0.29) is 0 Å². The fraction of sp³-hybridized carbons (Fsp3) is 0.462. The lowest BCUT2D eigenvalue weighted by Gasteiger charge is -2.04. The van der Waals surface area contributed by atoms with Gasteiger partial charge in [0.2, 0.25) is 0 Å². The van der Waals surface area contributed by atoms with Gasteiger partial charge < -0.3 is 10.7 Å². The number of rotatable bonds is 3. The van der Waals surface area contributed by atoms with Crippen LogP contribution in [0.5, 0.6) is 0 Å².